The van der Waals surface area contributed by atoms with Gasteiger partial charge in [-0.3, -0.25) is 4.57 Å². The molecule has 0 N–H and O–H groups in total. The molecule has 0 aliphatic carbocycles. The van der Waals surface area contributed by atoms with Crippen molar-refractivity contribution in [2.24, 2.45) is 7.05 Å². The molecule has 1 aliphatic heterocycles. The molecule has 1 aliphatic rings. The van der Waals surface area contributed by atoms with Crippen molar-refractivity contribution in [1.29, 1.82) is 0 Å². The lowest BCUT2D eigenvalue weighted by Crippen LogP contribution is -2.39. The van der Waals surface area contributed by atoms with Crippen molar-refractivity contribution >= 4 is 10.0 Å². The van der Waals surface area contributed by atoms with Gasteiger partial charge in [-0.1, -0.05) is 29.8 Å². The Bertz CT molecular complexity index is 930. The van der Waals surface area contributed by atoms with Gasteiger partial charge in [0.25, 0.3) is 0 Å². The third kappa shape index (κ3) is 3.85. The normalized spacial score (nSPS) is 19.2. The van der Waals surface area contributed by atoms with Gasteiger partial charge in [-0.15, -0.1) is 0 Å². The lowest BCUT2D eigenvalue weighted by Gasteiger charge is -2.30. The molecule has 3 rings (SSSR count). The van der Waals surface area contributed by atoms with Crippen molar-refractivity contribution < 1.29 is 8.42 Å². The third-order valence-electron chi connectivity index (χ3n) is 4.71. The Kier molecular flexibility index (Phi) is 4.83. The molecule has 2 heterocycles. The highest BCUT2D eigenvalue weighted by molar-refractivity contribution is 7.88. The standard InChI is InChI=1S/C17H24N4O3S/c1-13-6-4-7-14(10-13)11-21-17(22)19(2)16(18-21)15-8-5-9-20(12-15)25(3,23)24/h4,6-7,10,15H,5,8-9,11-12H2,1-3H3. The lowest BCUT2D eigenvalue weighted by atomic mass is 9.99. The maximum absolute atomic E-state index is 12.5. The molecule has 0 radical (unpaired) electrons. The van der Waals surface area contributed by atoms with Gasteiger partial charge in [0.1, 0.15) is 5.82 Å². The van der Waals surface area contributed by atoms with Crippen LogP contribution in [0.1, 0.15) is 35.7 Å². The number of nitrogens with zero attached hydrogens (tertiary/aromatic N) is 4. The summed E-state index contributed by atoms with van der Waals surface area (Å²) in [6.45, 7) is 3.34. The van der Waals surface area contributed by atoms with E-state index in [1.165, 1.54) is 15.2 Å². The third-order valence-corrected chi connectivity index (χ3v) is 5.98. The van der Waals surface area contributed by atoms with Crippen molar-refractivity contribution in [3.8, 4) is 0 Å². The summed E-state index contributed by atoms with van der Waals surface area (Å²) in [5.74, 6) is 0.603. The summed E-state index contributed by atoms with van der Waals surface area (Å²) in [6, 6.07) is 7.98. The summed E-state index contributed by atoms with van der Waals surface area (Å²) in [6.07, 6.45) is 2.84. The van der Waals surface area contributed by atoms with Gasteiger partial charge in [0, 0.05) is 26.1 Å². The summed E-state index contributed by atoms with van der Waals surface area (Å²) >= 11 is 0. The van der Waals surface area contributed by atoms with E-state index in [-0.39, 0.29) is 11.6 Å². The van der Waals surface area contributed by atoms with E-state index in [4.69, 9.17) is 0 Å². The van der Waals surface area contributed by atoms with Crippen molar-refractivity contribution in [2.45, 2.75) is 32.2 Å². The fraction of sp³-hybridized carbons (Fsp3) is 0.529. The zero-order valence-electron chi connectivity index (χ0n) is 14.8. The monoisotopic (exact) mass is 364 g/mol. The first-order chi connectivity index (χ1) is 11.8. The first-order valence-corrected chi connectivity index (χ1v) is 10.2. The Morgan fingerprint density at radius 1 is 1.32 bits per heavy atom. The Hall–Kier alpha value is -1.93. The van der Waals surface area contributed by atoms with E-state index >= 15 is 0 Å². The molecular formula is C17H24N4O3S. The molecule has 136 valence electrons. The Morgan fingerprint density at radius 2 is 2.08 bits per heavy atom. The average molecular weight is 364 g/mol. The van der Waals surface area contributed by atoms with Gasteiger partial charge < -0.3 is 0 Å². The summed E-state index contributed by atoms with van der Waals surface area (Å²) in [5, 5.41) is 4.52. The maximum Gasteiger partial charge on any atom is 0.345 e. The largest absolute Gasteiger partial charge is 0.345 e. The highest BCUT2D eigenvalue weighted by Crippen LogP contribution is 2.26. The lowest BCUT2D eigenvalue weighted by molar-refractivity contribution is 0.307. The molecule has 8 heteroatoms. The Balaban J connectivity index is 1.87. The minimum absolute atomic E-state index is 0.0556. The molecule has 1 saturated heterocycles. The van der Waals surface area contributed by atoms with Gasteiger partial charge >= 0.3 is 5.69 Å². The van der Waals surface area contributed by atoms with Gasteiger partial charge in [-0.25, -0.2) is 22.2 Å². The molecule has 0 amide bonds. The predicted octanol–water partition coefficient (Wildman–Crippen LogP) is 1.08. The van der Waals surface area contributed by atoms with Crippen molar-refractivity contribution in [3.05, 3.63) is 51.7 Å². The number of hydrogen-bond donors (Lipinski definition) is 0. The van der Waals surface area contributed by atoms with E-state index in [0.717, 1.165) is 24.0 Å². The van der Waals surface area contributed by atoms with Gasteiger partial charge in [-0.05, 0) is 25.3 Å². The number of aromatic nitrogens is 3. The number of rotatable bonds is 4. The molecule has 1 unspecified atom stereocenters. The molecular weight excluding hydrogens is 340 g/mol. The highest BCUT2D eigenvalue weighted by Gasteiger charge is 2.30. The van der Waals surface area contributed by atoms with Crippen LogP contribution < -0.4 is 5.69 Å². The molecule has 2 aromatic rings. The van der Waals surface area contributed by atoms with Crippen LogP contribution in [0.3, 0.4) is 0 Å². The maximum atomic E-state index is 12.5. The summed E-state index contributed by atoms with van der Waals surface area (Å²) in [4.78, 5) is 12.5. The molecule has 1 aromatic carbocycles. The molecule has 25 heavy (non-hydrogen) atoms. The number of sulfonamides is 1. The average Bonchev–Trinajstić information content (AvgIpc) is 2.83. The first kappa shape index (κ1) is 17.9. The van der Waals surface area contributed by atoms with E-state index in [1.54, 1.807) is 11.6 Å². The van der Waals surface area contributed by atoms with Gasteiger partial charge in [-0.2, -0.15) is 5.10 Å². The molecule has 7 nitrogen and oxygen atoms in total. The van der Waals surface area contributed by atoms with Crippen LogP contribution in [0.25, 0.3) is 0 Å². The minimum Gasteiger partial charge on any atom is -0.282 e. The van der Waals surface area contributed by atoms with Crippen LogP contribution >= 0.6 is 0 Å². The quantitative estimate of drug-likeness (QED) is 0.813. The van der Waals surface area contributed by atoms with Crippen LogP contribution in [0.2, 0.25) is 0 Å². The number of benzene rings is 1. The Labute approximate surface area is 147 Å². The molecule has 0 saturated carbocycles. The van der Waals surface area contributed by atoms with E-state index < -0.39 is 10.0 Å². The number of hydrogen-bond acceptors (Lipinski definition) is 4. The highest BCUT2D eigenvalue weighted by atomic mass is 32.2. The second kappa shape index (κ2) is 6.76. The summed E-state index contributed by atoms with van der Waals surface area (Å²) in [7, 11) is -1.52. The van der Waals surface area contributed by atoms with E-state index in [9.17, 15) is 13.2 Å². The number of piperidine rings is 1. The van der Waals surface area contributed by atoms with Crippen LogP contribution in [-0.4, -0.2) is 46.4 Å². The van der Waals surface area contributed by atoms with Crippen LogP contribution in [0.4, 0.5) is 0 Å². The van der Waals surface area contributed by atoms with Crippen LogP contribution in [0, 0.1) is 6.92 Å². The SMILES string of the molecule is Cc1cccc(Cn2nc(C3CCCN(S(C)(=O)=O)C3)n(C)c2=O)c1. The molecule has 1 fully saturated rings. The second-order valence-electron chi connectivity index (χ2n) is 6.81. The summed E-state index contributed by atoms with van der Waals surface area (Å²) < 4.78 is 28.1. The van der Waals surface area contributed by atoms with Crippen molar-refractivity contribution in [2.75, 3.05) is 19.3 Å². The molecule has 0 bridgehead atoms. The smallest absolute Gasteiger partial charge is 0.282 e. The zero-order chi connectivity index (χ0) is 18.2. The minimum atomic E-state index is -3.22. The first-order valence-electron chi connectivity index (χ1n) is 8.40. The van der Waals surface area contributed by atoms with Crippen molar-refractivity contribution in [3.63, 3.8) is 0 Å². The van der Waals surface area contributed by atoms with E-state index in [0.29, 0.717) is 25.5 Å². The van der Waals surface area contributed by atoms with E-state index in [2.05, 4.69) is 5.10 Å². The molecule has 1 aromatic heterocycles. The second-order valence-corrected chi connectivity index (χ2v) is 8.79. The van der Waals surface area contributed by atoms with E-state index in [1.807, 2.05) is 31.2 Å². The van der Waals surface area contributed by atoms with Gasteiger partial charge in [0.2, 0.25) is 10.0 Å². The van der Waals surface area contributed by atoms with Crippen LogP contribution in [0.15, 0.2) is 29.1 Å². The predicted molar refractivity (Wildman–Crippen MR) is 96.1 cm³/mol. The molecule has 0 spiro atoms. The van der Waals surface area contributed by atoms with Crippen molar-refractivity contribution in [1.82, 2.24) is 18.7 Å². The van der Waals surface area contributed by atoms with Gasteiger partial charge in [0.05, 0.1) is 12.8 Å². The topological polar surface area (TPSA) is 77.2 Å². The number of aryl methyl sites for hydroxylation is 1. The molecule has 1 atom stereocenters. The fourth-order valence-corrected chi connectivity index (χ4v) is 4.31. The van der Waals surface area contributed by atoms with Crippen LogP contribution in [0.5, 0.6) is 0 Å². The van der Waals surface area contributed by atoms with Crippen LogP contribution in [-0.2, 0) is 23.6 Å². The Morgan fingerprint density at radius 3 is 2.76 bits per heavy atom. The summed E-state index contributed by atoms with van der Waals surface area (Å²) in [5.41, 5.74) is 1.99. The fourth-order valence-electron chi connectivity index (χ4n) is 3.40. The van der Waals surface area contributed by atoms with Gasteiger partial charge in [0.15, 0.2) is 0 Å². The zero-order valence-corrected chi connectivity index (χ0v) is 15.7.